The van der Waals surface area contributed by atoms with E-state index in [1.807, 2.05) is 16.7 Å². The number of aliphatic carboxylic acids is 1. The minimum atomic E-state index is -0.715. The molecule has 2 heterocycles. The number of carboxylic acid groups (broad SMARTS) is 1. The summed E-state index contributed by atoms with van der Waals surface area (Å²) in [5, 5.41) is 12.1. The Bertz CT molecular complexity index is 425. The number of carbonyl (C=O) groups excluding carboxylic acids is 1. The first-order chi connectivity index (χ1) is 10.0. The predicted molar refractivity (Wildman–Crippen MR) is 82.5 cm³/mol. The van der Waals surface area contributed by atoms with Gasteiger partial charge in [-0.25, -0.2) is 4.79 Å². The van der Waals surface area contributed by atoms with Gasteiger partial charge in [-0.05, 0) is 50.7 Å². The molecule has 3 rings (SSSR count). The van der Waals surface area contributed by atoms with Crippen molar-refractivity contribution < 1.29 is 14.7 Å². The van der Waals surface area contributed by atoms with Gasteiger partial charge < -0.3 is 15.3 Å². The topological polar surface area (TPSA) is 69.6 Å². The molecule has 2 aliphatic heterocycles. The largest absolute Gasteiger partial charge is 0.481 e. The highest BCUT2D eigenvalue weighted by Crippen LogP contribution is 2.46. The maximum atomic E-state index is 12.5. The lowest BCUT2D eigenvalue weighted by Crippen LogP contribution is -2.52. The molecule has 21 heavy (non-hydrogen) atoms. The van der Waals surface area contributed by atoms with Crippen molar-refractivity contribution in [2.75, 3.05) is 12.8 Å². The molecule has 0 spiro atoms. The number of nitrogens with zero attached hydrogens (tertiary/aromatic N) is 1. The fraction of sp³-hybridized carbons (Fsp3) is 0.867. The van der Waals surface area contributed by atoms with Crippen molar-refractivity contribution in [1.29, 1.82) is 0 Å². The van der Waals surface area contributed by atoms with Crippen LogP contribution in [-0.4, -0.2) is 51.6 Å². The van der Waals surface area contributed by atoms with Crippen LogP contribution in [0.3, 0.4) is 0 Å². The number of hydrogen-bond acceptors (Lipinski definition) is 3. The average Bonchev–Trinajstić information content (AvgIpc) is 3.16. The second kappa shape index (κ2) is 5.71. The highest BCUT2D eigenvalue weighted by atomic mass is 32.2. The quantitative estimate of drug-likeness (QED) is 0.817. The summed E-state index contributed by atoms with van der Waals surface area (Å²) >= 11 is 1.85. The zero-order valence-electron chi connectivity index (χ0n) is 12.5. The summed E-state index contributed by atoms with van der Waals surface area (Å²) in [4.78, 5) is 25.4. The first kappa shape index (κ1) is 15.0. The lowest BCUT2D eigenvalue weighted by Gasteiger charge is -2.38. The van der Waals surface area contributed by atoms with Gasteiger partial charge in [-0.3, -0.25) is 4.79 Å². The zero-order chi connectivity index (χ0) is 15.0. The number of rotatable bonds is 5. The Morgan fingerprint density at radius 1 is 1.29 bits per heavy atom. The Labute approximate surface area is 129 Å². The van der Waals surface area contributed by atoms with Crippen LogP contribution in [0.1, 0.15) is 44.9 Å². The van der Waals surface area contributed by atoms with Crippen LogP contribution in [0.15, 0.2) is 0 Å². The summed E-state index contributed by atoms with van der Waals surface area (Å²) in [7, 11) is 0. The fourth-order valence-electron chi connectivity index (χ4n) is 3.96. The summed E-state index contributed by atoms with van der Waals surface area (Å²) in [5.74, 6) is -0.474. The van der Waals surface area contributed by atoms with E-state index in [1.165, 1.54) is 12.8 Å². The van der Waals surface area contributed by atoms with Crippen molar-refractivity contribution in [3.8, 4) is 0 Å². The van der Waals surface area contributed by atoms with E-state index in [9.17, 15) is 9.59 Å². The summed E-state index contributed by atoms with van der Waals surface area (Å²) < 4.78 is 0.288. The second-order valence-electron chi connectivity index (χ2n) is 6.77. The number of fused-ring (bicyclic) bond motifs is 2. The third-order valence-electron chi connectivity index (χ3n) is 5.33. The van der Waals surface area contributed by atoms with E-state index in [2.05, 4.69) is 11.6 Å². The second-order valence-corrected chi connectivity index (χ2v) is 8.05. The Hall–Kier alpha value is -0.910. The van der Waals surface area contributed by atoms with Gasteiger partial charge in [-0.2, -0.15) is 11.8 Å². The van der Waals surface area contributed by atoms with Gasteiger partial charge in [0.15, 0.2) is 0 Å². The molecule has 1 saturated carbocycles. The molecule has 2 N–H and O–H groups in total. The molecule has 2 atom stereocenters. The lowest BCUT2D eigenvalue weighted by atomic mass is 9.88. The van der Waals surface area contributed by atoms with Crippen LogP contribution in [0.2, 0.25) is 0 Å². The smallest absolute Gasteiger partial charge is 0.317 e. The van der Waals surface area contributed by atoms with Crippen molar-refractivity contribution in [3.05, 3.63) is 0 Å². The molecule has 2 bridgehead atoms. The van der Waals surface area contributed by atoms with Crippen molar-refractivity contribution in [3.63, 3.8) is 0 Å². The molecule has 3 aliphatic rings. The Morgan fingerprint density at radius 2 is 1.90 bits per heavy atom. The number of carboxylic acids is 1. The lowest BCUT2D eigenvalue weighted by molar-refractivity contribution is -0.138. The summed E-state index contributed by atoms with van der Waals surface area (Å²) in [5.41, 5.74) is 0. The molecule has 1 aliphatic carbocycles. The van der Waals surface area contributed by atoms with Crippen LogP contribution in [0, 0.1) is 5.92 Å². The molecule has 5 nitrogen and oxygen atoms in total. The van der Waals surface area contributed by atoms with Gasteiger partial charge in [-0.15, -0.1) is 0 Å². The molecular formula is C15H24N2O3S. The molecule has 0 aromatic rings. The molecule has 0 aromatic carbocycles. The minimum Gasteiger partial charge on any atom is -0.481 e. The number of urea groups is 1. The SMILES string of the molecule is CSC1(CNC(=O)N2C3CCC2CC(CC(=O)O)C3)CC1. The molecule has 2 unspecified atom stereocenters. The van der Waals surface area contributed by atoms with Crippen LogP contribution in [-0.2, 0) is 4.79 Å². The van der Waals surface area contributed by atoms with Gasteiger partial charge >= 0.3 is 12.0 Å². The zero-order valence-corrected chi connectivity index (χ0v) is 13.3. The molecule has 2 amide bonds. The summed E-state index contributed by atoms with van der Waals surface area (Å²) in [6.45, 7) is 0.765. The molecule has 6 heteroatoms. The van der Waals surface area contributed by atoms with E-state index in [4.69, 9.17) is 5.11 Å². The number of hydrogen-bond donors (Lipinski definition) is 2. The normalized spacial score (nSPS) is 32.8. The van der Waals surface area contributed by atoms with E-state index in [-0.39, 0.29) is 35.2 Å². The van der Waals surface area contributed by atoms with Crippen molar-refractivity contribution >= 4 is 23.8 Å². The van der Waals surface area contributed by atoms with Crippen LogP contribution in [0.4, 0.5) is 4.79 Å². The van der Waals surface area contributed by atoms with E-state index in [1.54, 1.807) is 0 Å². The number of nitrogens with one attached hydrogen (secondary N) is 1. The Balaban J connectivity index is 1.54. The van der Waals surface area contributed by atoms with E-state index in [0.29, 0.717) is 0 Å². The first-order valence-corrected chi connectivity index (χ1v) is 9.08. The van der Waals surface area contributed by atoms with E-state index in [0.717, 1.165) is 32.2 Å². The molecule has 0 aromatic heterocycles. The van der Waals surface area contributed by atoms with Crippen LogP contribution < -0.4 is 5.32 Å². The Morgan fingerprint density at radius 3 is 2.38 bits per heavy atom. The van der Waals surface area contributed by atoms with Crippen LogP contribution in [0.5, 0.6) is 0 Å². The molecule has 118 valence electrons. The average molecular weight is 312 g/mol. The molecule has 3 fully saturated rings. The van der Waals surface area contributed by atoms with Gasteiger partial charge in [0, 0.05) is 29.8 Å². The molecule has 0 radical (unpaired) electrons. The minimum absolute atomic E-state index is 0.0663. The maximum Gasteiger partial charge on any atom is 0.317 e. The van der Waals surface area contributed by atoms with E-state index < -0.39 is 5.97 Å². The third kappa shape index (κ3) is 3.15. The standard InChI is InChI=1S/C15H24N2O3S/c1-21-15(4-5-15)9-16-14(20)17-11-2-3-12(17)7-10(6-11)8-13(18)19/h10-12H,2-9H2,1H3,(H,16,20)(H,18,19). The number of carbonyl (C=O) groups is 2. The van der Waals surface area contributed by atoms with Crippen molar-refractivity contribution in [1.82, 2.24) is 10.2 Å². The highest BCUT2D eigenvalue weighted by Gasteiger charge is 2.46. The predicted octanol–water partition coefficient (Wildman–Crippen LogP) is 2.31. The summed E-state index contributed by atoms with van der Waals surface area (Å²) in [6.07, 6.45) is 8.51. The number of piperidine rings is 1. The first-order valence-electron chi connectivity index (χ1n) is 7.86. The Kier molecular flexibility index (Phi) is 4.08. The third-order valence-corrected chi connectivity index (χ3v) is 6.75. The fourth-order valence-corrected chi connectivity index (χ4v) is 4.68. The van der Waals surface area contributed by atoms with Crippen molar-refractivity contribution in [2.24, 2.45) is 5.92 Å². The summed E-state index contributed by atoms with van der Waals surface area (Å²) in [6, 6.07) is 0.562. The van der Waals surface area contributed by atoms with Gasteiger partial charge in [0.2, 0.25) is 0 Å². The van der Waals surface area contributed by atoms with Gasteiger partial charge in [0.25, 0.3) is 0 Å². The highest BCUT2D eigenvalue weighted by molar-refractivity contribution is 8.00. The molecule has 2 saturated heterocycles. The van der Waals surface area contributed by atoms with Gasteiger partial charge in [0.1, 0.15) is 0 Å². The van der Waals surface area contributed by atoms with Crippen LogP contribution in [0.25, 0.3) is 0 Å². The van der Waals surface area contributed by atoms with Gasteiger partial charge in [0.05, 0.1) is 0 Å². The van der Waals surface area contributed by atoms with Crippen LogP contribution >= 0.6 is 11.8 Å². The molecular weight excluding hydrogens is 288 g/mol. The number of amides is 2. The van der Waals surface area contributed by atoms with Crippen molar-refractivity contribution in [2.45, 2.75) is 61.8 Å². The number of thioether (sulfide) groups is 1. The van der Waals surface area contributed by atoms with E-state index >= 15 is 0 Å². The van der Waals surface area contributed by atoms with Gasteiger partial charge in [-0.1, -0.05) is 0 Å². The maximum absolute atomic E-state index is 12.5. The monoisotopic (exact) mass is 312 g/mol.